The summed E-state index contributed by atoms with van der Waals surface area (Å²) >= 11 is 6.97. The van der Waals surface area contributed by atoms with E-state index in [4.69, 9.17) is 9.15 Å². The van der Waals surface area contributed by atoms with E-state index in [1.165, 1.54) is 0 Å². The summed E-state index contributed by atoms with van der Waals surface area (Å²) in [7, 11) is 0. The molecule has 4 aromatic rings. The van der Waals surface area contributed by atoms with Gasteiger partial charge in [0.15, 0.2) is 17.1 Å². The van der Waals surface area contributed by atoms with E-state index in [2.05, 4.69) is 41.8 Å². The lowest BCUT2D eigenvalue weighted by molar-refractivity contribution is 0.317. The second-order valence-corrected chi connectivity index (χ2v) is 7.78. The average Bonchev–Trinajstić information content (AvgIpc) is 3.16. The molecule has 4 rings (SSSR count). The van der Waals surface area contributed by atoms with Crippen LogP contribution in [0.15, 0.2) is 73.0 Å². The van der Waals surface area contributed by atoms with Gasteiger partial charge in [-0.05, 0) is 69.1 Å². The number of halogens is 2. The third-order valence-electron chi connectivity index (χ3n) is 4.25. The Balaban J connectivity index is 1.77. The molecule has 0 saturated heterocycles. The monoisotopic (exact) mass is 514 g/mol. The Morgan fingerprint density at radius 1 is 1.14 bits per heavy atom. The van der Waals surface area contributed by atoms with Gasteiger partial charge >= 0.3 is 0 Å². The minimum atomic E-state index is 0.0185. The molecule has 0 radical (unpaired) electrons. The van der Waals surface area contributed by atoms with E-state index >= 15 is 0 Å². The standard InChI is InChI=1S/C22H16Br2N2O3/c1-2-28-19-11-15(23)20(24)14(21(19)27)12-25-16-8-4-3-7-13(16)22-26-17-9-5-6-10-18(17)29-22/h3-12,27H,2H2,1H3. The zero-order valence-electron chi connectivity index (χ0n) is 15.4. The first-order chi connectivity index (χ1) is 14.1. The predicted molar refractivity (Wildman–Crippen MR) is 121 cm³/mol. The van der Waals surface area contributed by atoms with Crippen molar-refractivity contribution in [1.29, 1.82) is 0 Å². The number of aliphatic imine (C=N–C) groups is 1. The zero-order chi connectivity index (χ0) is 20.4. The molecule has 0 spiro atoms. The Hall–Kier alpha value is -2.64. The summed E-state index contributed by atoms with van der Waals surface area (Å²) in [6.07, 6.45) is 1.59. The fourth-order valence-electron chi connectivity index (χ4n) is 2.88. The summed E-state index contributed by atoms with van der Waals surface area (Å²) in [5.41, 5.74) is 3.44. The predicted octanol–water partition coefficient (Wildman–Crippen LogP) is 6.87. The van der Waals surface area contributed by atoms with Gasteiger partial charge in [-0.15, -0.1) is 0 Å². The SMILES string of the molecule is CCOc1cc(Br)c(Br)c(C=Nc2ccccc2-c2nc3ccccc3o2)c1O. The summed E-state index contributed by atoms with van der Waals surface area (Å²) in [4.78, 5) is 9.16. The Kier molecular flexibility index (Phi) is 5.69. The van der Waals surface area contributed by atoms with Crippen molar-refractivity contribution in [2.75, 3.05) is 6.61 Å². The van der Waals surface area contributed by atoms with Gasteiger partial charge in [0.2, 0.25) is 5.89 Å². The van der Waals surface area contributed by atoms with Gasteiger partial charge in [-0.1, -0.05) is 24.3 Å². The van der Waals surface area contributed by atoms with Crippen molar-refractivity contribution in [2.45, 2.75) is 6.92 Å². The molecule has 1 aromatic heterocycles. The van der Waals surface area contributed by atoms with Crippen LogP contribution in [0.4, 0.5) is 5.69 Å². The van der Waals surface area contributed by atoms with Gasteiger partial charge in [-0.2, -0.15) is 0 Å². The highest BCUT2D eigenvalue weighted by Gasteiger charge is 2.16. The molecule has 3 aromatic carbocycles. The van der Waals surface area contributed by atoms with Crippen LogP contribution in [-0.2, 0) is 0 Å². The third kappa shape index (κ3) is 3.93. The van der Waals surface area contributed by atoms with Crippen molar-refractivity contribution in [3.05, 3.63) is 69.1 Å². The van der Waals surface area contributed by atoms with Gasteiger partial charge in [-0.25, -0.2) is 4.98 Å². The number of phenolic OH excluding ortho intramolecular Hbond substituents is 1. The summed E-state index contributed by atoms with van der Waals surface area (Å²) in [6.45, 7) is 2.30. The minimum Gasteiger partial charge on any atom is -0.504 e. The molecule has 7 heteroatoms. The van der Waals surface area contributed by atoms with Crippen LogP contribution in [0.1, 0.15) is 12.5 Å². The van der Waals surface area contributed by atoms with Crippen LogP contribution in [-0.4, -0.2) is 22.9 Å². The molecule has 1 N–H and O–H groups in total. The maximum atomic E-state index is 10.6. The van der Waals surface area contributed by atoms with E-state index in [0.717, 1.165) is 21.1 Å². The minimum absolute atomic E-state index is 0.0185. The number of ether oxygens (including phenoxy) is 1. The van der Waals surface area contributed by atoms with Crippen molar-refractivity contribution in [1.82, 2.24) is 4.98 Å². The molecule has 5 nitrogen and oxygen atoms in total. The normalized spacial score (nSPS) is 11.4. The van der Waals surface area contributed by atoms with E-state index in [-0.39, 0.29) is 5.75 Å². The Morgan fingerprint density at radius 2 is 1.90 bits per heavy atom. The number of hydrogen-bond donors (Lipinski definition) is 1. The van der Waals surface area contributed by atoms with E-state index in [9.17, 15) is 5.11 Å². The molecular weight excluding hydrogens is 500 g/mol. The Morgan fingerprint density at radius 3 is 2.69 bits per heavy atom. The number of aromatic nitrogens is 1. The highest BCUT2D eigenvalue weighted by Crippen LogP contribution is 2.40. The molecule has 0 fully saturated rings. The fourth-order valence-corrected chi connectivity index (χ4v) is 3.71. The fraction of sp³-hybridized carbons (Fsp3) is 0.0909. The van der Waals surface area contributed by atoms with Gasteiger partial charge < -0.3 is 14.3 Å². The molecule has 0 aliphatic rings. The first-order valence-electron chi connectivity index (χ1n) is 8.91. The van der Waals surface area contributed by atoms with Crippen LogP contribution >= 0.6 is 31.9 Å². The number of fused-ring (bicyclic) bond motifs is 1. The first-order valence-corrected chi connectivity index (χ1v) is 10.5. The van der Waals surface area contributed by atoms with Crippen molar-refractivity contribution >= 4 is 54.9 Å². The van der Waals surface area contributed by atoms with E-state index in [0.29, 0.717) is 34.0 Å². The average molecular weight is 516 g/mol. The Labute approximate surface area is 184 Å². The van der Waals surface area contributed by atoms with Crippen molar-refractivity contribution in [3.8, 4) is 23.0 Å². The van der Waals surface area contributed by atoms with Gasteiger partial charge in [0.1, 0.15) is 5.52 Å². The summed E-state index contributed by atoms with van der Waals surface area (Å²) in [5, 5.41) is 10.6. The number of rotatable bonds is 5. The molecule has 0 aliphatic heterocycles. The number of aromatic hydroxyl groups is 1. The largest absolute Gasteiger partial charge is 0.504 e. The molecule has 0 bridgehead atoms. The van der Waals surface area contributed by atoms with Crippen LogP contribution in [0.2, 0.25) is 0 Å². The topological polar surface area (TPSA) is 67.9 Å². The highest BCUT2D eigenvalue weighted by molar-refractivity contribution is 9.13. The maximum absolute atomic E-state index is 10.6. The van der Waals surface area contributed by atoms with Crippen LogP contribution < -0.4 is 4.74 Å². The van der Waals surface area contributed by atoms with Crippen LogP contribution in [0.25, 0.3) is 22.6 Å². The number of benzene rings is 3. The summed E-state index contributed by atoms with van der Waals surface area (Å²) in [5.74, 6) is 0.896. The molecule has 146 valence electrons. The third-order valence-corrected chi connectivity index (χ3v) is 6.27. The molecule has 29 heavy (non-hydrogen) atoms. The molecule has 0 atom stereocenters. The van der Waals surface area contributed by atoms with Gasteiger partial charge in [0.05, 0.1) is 23.4 Å². The maximum Gasteiger partial charge on any atom is 0.229 e. The molecule has 0 amide bonds. The Bertz CT molecular complexity index is 1190. The molecule has 0 aliphatic carbocycles. The molecule has 0 saturated carbocycles. The lowest BCUT2D eigenvalue weighted by Crippen LogP contribution is -1.96. The number of nitrogens with zero attached hydrogens (tertiary/aromatic N) is 2. The summed E-state index contributed by atoms with van der Waals surface area (Å²) < 4.78 is 12.8. The van der Waals surface area contributed by atoms with Crippen LogP contribution in [0, 0.1) is 0 Å². The molecular formula is C22H16Br2N2O3. The van der Waals surface area contributed by atoms with Gasteiger partial charge in [0, 0.05) is 15.2 Å². The van der Waals surface area contributed by atoms with Crippen LogP contribution in [0.5, 0.6) is 11.5 Å². The van der Waals surface area contributed by atoms with Crippen molar-refractivity contribution < 1.29 is 14.3 Å². The number of oxazole rings is 1. The van der Waals surface area contributed by atoms with Gasteiger partial charge in [0.25, 0.3) is 0 Å². The second kappa shape index (κ2) is 8.39. The lowest BCUT2D eigenvalue weighted by atomic mass is 10.1. The van der Waals surface area contributed by atoms with E-state index < -0.39 is 0 Å². The van der Waals surface area contributed by atoms with Gasteiger partial charge in [-0.3, -0.25) is 4.99 Å². The van der Waals surface area contributed by atoms with Crippen LogP contribution in [0.3, 0.4) is 0 Å². The molecule has 1 heterocycles. The number of phenols is 1. The van der Waals surface area contributed by atoms with Crippen molar-refractivity contribution in [3.63, 3.8) is 0 Å². The highest BCUT2D eigenvalue weighted by atomic mass is 79.9. The first kappa shape index (κ1) is 19.7. The second-order valence-electron chi connectivity index (χ2n) is 6.13. The molecule has 0 unspecified atom stereocenters. The number of para-hydroxylation sites is 3. The number of hydrogen-bond acceptors (Lipinski definition) is 5. The quantitative estimate of drug-likeness (QED) is 0.294. The smallest absolute Gasteiger partial charge is 0.229 e. The summed E-state index contributed by atoms with van der Waals surface area (Å²) in [6, 6.07) is 16.9. The zero-order valence-corrected chi connectivity index (χ0v) is 18.6. The lowest BCUT2D eigenvalue weighted by Gasteiger charge is -2.11. The van der Waals surface area contributed by atoms with Crippen molar-refractivity contribution in [2.24, 2.45) is 4.99 Å². The van der Waals surface area contributed by atoms with E-state index in [1.807, 2.05) is 55.5 Å². The van der Waals surface area contributed by atoms with E-state index in [1.54, 1.807) is 12.3 Å².